The van der Waals surface area contributed by atoms with E-state index >= 15 is 0 Å². The van der Waals surface area contributed by atoms with Gasteiger partial charge < -0.3 is 39.9 Å². The van der Waals surface area contributed by atoms with Crippen molar-refractivity contribution >= 4 is 19.8 Å². The van der Waals surface area contributed by atoms with Crippen molar-refractivity contribution in [2.24, 2.45) is 0 Å². The molecule has 0 radical (unpaired) electrons. The van der Waals surface area contributed by atoms with Crippen molar-refractivity contribution in [1.82, 2.24) is 0 Å². The molecular weight excluding hydrogens is 791 g/mol. The maximum Gasteiger partial charge on any atom is 0.472 e. The highest BCUT2D eigenvalue weighted by atomic mass is 31.2. The van der Waals surface area contributed by atoms with E-state index in [0.717, 1.165) is 64.2 Å². The number of hydrogen-bond acceptors (Lipinski definition) is 12. The summed E-state index contributed by atoms with van der Waals surface area (Å²) in [5, 5.41) is 50.1. The second-order valence-corrected chi connectivity index (χ2v) is 18.0. The molecule has 0 heterocycles. The Morgan fingerprint density at radius 3 is 1.38 bits per heavy atom. The number of aliphatic hydroxyl groups is 5. The van der Waals surface area contributed by atoms with Gasteiger partial charge in [0, 0.05) is 12.8 Å². The molecule has 0 saturated heterocycles. The quantitative estimate of drug-likeness (QED) is 0.0147. The van der Waals surface area contributed by atoms with E-state index in [-0.39, 0.29) is 12.8 Å². The zero-order valence-electron chi connectivity index (χ0n) is 37.3. The van der Waals surface area contributed by atoms with Gasteiger partial charge in [0.2, 0.25) is 0 Å². The molecule has 0 spiro atoms. The number of esters is 2. The van der Waals surface area contributed by atoms with Gasteiger partial charge in [0.25, 0.3) is 0 Å². The van der Waals surface area contributed by atoms with Crippen molar-refractivity contribution in [1.29, 1.82) is 0 Å². The van der Waals surface area contributed by atoms with E-state index in [1.54, 1.807) is 0 Å². The summed E-state index contributed by atoms with van der Waals surface area (Å²) in [7, 11) is -5.11. The zero-order valence-corrected chi connectivity index (χ0v) is 38.2. The number of unbranched alkanes of at least 4 members (excludes halogenated alkanes) is 23. The lowest BCUT2D eigenvalue weighted by Crippen LogP contribution is -2.64. The lowest BCUT2D eigenvalue weighted by molar-refractivity contribution is -0.220. The molecule has 1 rings (SSSR count). The Morgan fingerprint density at radius 2 is 0.900 bits per heavy atom. The first-order valence-electron chi connectivity index (χ1n) is 23.6. The zero-order chi connectivity index (χ0) is 44.3. The van der Waals surface area contributed by atoms with E-state index in [4.69, 9.17) is 18.5 Å². The minimum Gasteiger partial charge on any atom is -0.462 e. The predicted octanol–water partition coefficient (Wildman–Crippen LogP) is 9.23. The lowest BCUT2D eigenvalue weighted by atomic mass is 9.85. The van der Waals surface area contributed by atoms with Crippen molar-refractivity contribution in [3.05, 3.63) is 24.3 Å². The van der Waals surface area contributed by atoms with Gasteiger partial charge in [0.05, 0.1) is 6.61 Å². The van der Waals surface area contributed by atoms with Gasteiger partial charge in [0.15, 0.2) is 6.10 Å². The number of phosphoric ester groups is 1. The SMILES string of the molecule is CCCCC/C=C\C/C=C\CCCCCCCCCCCC(=O)OC[C@H](COP(=O)(O)OC1C(O)C(O)C(O)[C@@H](O)C1O)OC(=O)CCCCCCCCCCCCCC. The van der Waals surface area contributed by atoms with Crippen molar-refractivity contribution < 1.29 is 63.1 Å². The number of carbonyl (C=O) groups is 2. The van der Waals surface area contributed by atoms with Crippen LogP contribution >= 0.6 is 7.82 Å². The lowest BCUT2D eigenvalue weighted by Gasteiger charge is -2.41. The van der Waals surface area contributed by atoms with E-state index in [1.807, 2.05) is 0 Å². The van der Waals surface area contributed by atoms with Gasteiger partial charge in [-0.3, -0.25) is 18.6 Å². The Hall–Kier alpha value is -1.67. The Bertz CT molecular complexity index is 1150. The second-order valence-electron chi connectivity index (χ2n) is 16.6. The highest BCUT2D eigenvalue weighted by molar-refractivity contribution is 7.47. The predicted molar refractivity (Wildman–Crippen MR) is 235 cm³/mol. The first-order chi connectivity index (χ1) is 28.9. The number of carbonyl (C=O) groups excluding carboxylic acids is 2. The molecule has 13 nitrogen and oxygen atoms in total. The number of hydrogen-bond donors (Lipinski definition) is 6. The van der Waals surface area contributed by atoms with Gasteiger partial charge in [-0.25, -0.2) is 4.57 Å². The Labute approximate surface area is 362 Å². The Kier molecular flexibility index (Phi) is 34.5. The van der Waals surface area contributed by atoms with Crippen LogP contribution in [-0.2, 0) is 32.7 Å². The van der Waals surface area contributed by atoms with Crippen LogP contribution < -0.4 is 0 Å². The van der Waals surface area contributed by atoms with Gasteiger partial charge >= 0.3 is 19.8 Å². The molecule has 6 N–H and O–H groups in total. The van der Waals surface area contributed by atoms with Crippen molar-refractivity contribution in [3.8, 4) is 0 Å². The largest absolute Gasteiger partial charge is 0.472 e. The number of rotatable bonds is 39. The van der Waals surface area contributed by atoms with Gasteiger partial charge in [-0.05, 0) is 44.9 Å². The number of ether oxygens (including phenoxy) is 2. The molecule has 14 heteroatoms. The highest BCUT2D eigenvalue weighted by Gasteiger charge is 2.51. The van der Waals surface area contributed by atoms with Crippen LogP contribution in [0.2, 0.25) is 0 Å². The molecular formula is C46H85O13P. The molecule has 60 heavy (non-hydrogen) atoms. The Morgan fingerprint density at radius 1 is 0.517 bits per heavy atom. The summed E-state index contributed by atoms with van der Waals surface area (Å²) in [5.41, 5.74) is 0. The van der Waals surface area contributed by atoms with Crippen LogP contribution in [0.1, 0.15) is 200 Å². The maximum absolute atomic E-state index is 12.8. The summed E-state index contributed by atoms with van der Waals surface area (Å²) in [5.74, 6) is -1.10. The number of allylic oxidation sites excluding steroid dienone is 4. The van der Waals surface area contributed by atoms with E-state index in [9.17, 15) is 44.6 Å². The smallest absolute Gasteiger partial charge is 0.462 e. The third-order valence-corrected chi connectivity index (χ3v) is 12.0. The monoisotopic (exact) mass is 877 g/mol. The summed E-state index contributed by atoms with van der Waals surface area (Å²) < 4.78 is 33.5. The third kappa shape index (κ3) is 28.8. The van der Waals surface area contributed by atoms with Crippen LogP contribution in [0.25, 0.3) is 0 Å². The molecule has 1 fully saturated rings. The van der Waals surface area contributed by atoms with Gasteiger partial charge in [-0.2, -0.15) is 0 Å². The molecule has 0 aromatic rings. The summed E-state index contributed by atoms with van der Waals surface area (Å²) in [4.78, 5) is 35.7. The van der Waals surface area contributed by atoms with Crippen LogP contribution in [0, 0.1) is 0 Å². The number of aliphatic hydroxyl groups excluding tert-OH is 5. The van der Waals surface area contributed by atoms with Gasteiger partial charge in [-0.1, -0.05) is 167 Å². The summed E-state index contributed by atoms with van der Waals surface area (Å²) in [6.45, 7) is 3.27. The van der Waals surface area contributed by atoms with E-state index in [0.29, 0.717) is 12.8 Å². The third-order valence-electron chi connectivity index (χ3n) is 11.0. The normalized spacial score (nSPS) is 22.3. The van der Waals surface area contributed by atoms with Crippen LogP contribution in [0.15, 0.2) is 24.3 Å². The molecule has 1 aliphatic carbocycles. The van der Waals surface area contributed by atoms with Crippen LogP contribution in [0.5, 0.6) is 0 Å². The molecule has 0 aromatic carbocycles. The summed E-state index contributed by atoms with van der Waals surface area (Å²) >= 11 is 0. The second kappa shape index (κ2) is 36.8. The highest BCUT2D eigenvalue weighted by Crippen LogP contribution is 2.47. The van der Waals surface area contributed by atoms with Gasteiger partial charge in [-0.15, -0.1) is 0 Å². The number of phosphoric acid groups is 1. The molecule has 1 saturated carbocycles. The standard InChI is InChI=1S/C46H85O13P/c1-3-5-7-9-11-13-15-17-18-19-20-21-22-23-25-26-28-30-32-34-39(47)56-36-38(58-40(48)35-33-31-29-27-24-16-14-12-10-8-6-4-2)37-57-60(54,55)59-46-44(52)42(50)41(49)43(51)45(46)53/h11,13,17-18,38,41-46,49-53H,3-10,12,14-16,19-37H2,1-2H3,(H,54,55)/b13-11-,18-17-/t38-,41?,42-,43?,44?,45?,46?/m1/s1. The summed E-state index contributed by atoms with van der Waals surface area (Å²) in [6.07, 6.45) is 26.6. The molecule has 352 valence electrons. The van der Waals surface area contributed by atoms with Crippen LogP contribution in [-0.4, -0.2) is 98.3 Å². The topological polar surface area (TPSA) is 210 Å². The van der Waals surface area contributed by atoms with E-state index < -0.39 is 75.7 Å². The minimum atomic E-state index is -5.11. The first kappa shape index (κ1) is 56.3. The summed E-state index contributed by atoms with van der Waals surface area (Å²) in [6, 6.07) is 0. The van der Waals surface area contributed by atoms with Crippen molar-refractivity contribution in [3.63, 3.8) is 0 Å². The van der Waals surface area contributed by atoms with Crippen LogP contribution in [0.3, 0.4) is 0 Å². The van der Waals surface area contributed by atoms with Crippen molar-refractivity contribution in [2.75, 3.05) is 13.2 Å². The molecule has 0 amide bonds. The molecule has 6 unspecified atom stereocenters. The molecule has 0 aromatic heterocycles. The van der Waals surface area contributed by atoms with Gasteiger partial charge in [0.1, 0.15) is 43.2 Å². The molecule has 0 aliphatic heterocycles. The van der Waals surface area contributed by atoms with E-state index in [2.05, 4.69) is 38.2 Å². The fraction of sp³-hybridized carbons (Fsp3) is 0.870. The van der Waals surface area contributed by atoms with Crippen molar-refractivity contribution in [2.45, 2.75) is 243 Å². The fourth-order valence-corrected chi connectivity index (χ4v) is 8.17. The first-order valence-corrected chi connectivity index (χ1v) is 25.1. The minimum absolute atomic E-state index is 0.0996. The van der Waals surface area contributed by atoms with Crippen LogP contribution in [0.4, 0.5) is 0 Å². The fourth-order valence-electron chi connectivity index (χ4n) is 7.20. The molecule has 1 aliphatic rings. The molecule has 8 atom stereocenters. The molecule has 0 bridgehead atoms. The average molecular weight is 877 g/mol. The average Bonchev–Trinajstić information content (AvgIpc) is 3.23. The Balaban J connectivity index is 2.41. The maximum atomic E-state index is 12.8. The van der Waals surface area contributed by atoms with E-state index in [1.165, 1.54) is 96.3 Å².